The van der Waals surface area contributed by atoms with Crippen LogP contribution in [0, 0.1) is 6.92 Å². The summed E-state index contributed by atoms with van der Waals surface area (Å²) in [4.78, 5) is 12.0. The molecule has 0 atom stereocenters. The molecule has 1 heterocycles. The van der Waals surface area contributed by atoms with Crippen LogP contribution in [0.4, 0.5) is 0 Å². The van der Waals surface area contributed by atoms with Gasteiger partial charge in [0.2, 0.25) is 0 Å². The first-order chi connectivity index (χ1) is 9.58. The van der Waals surface area contributed by atoms with Crippen molar-refractivity contribution in [1.82, 2.24) is 4.57 Å². The maximum Gasteiger partial charge on any atom is 0.251 e. The lowest BCUT2D eigenvalue weighted by Crippen LogP contribution is -2.17. The number of benzene rings is 1. The molecule has 0 amide bonds. The summed E-state index contributed by atoms with van der Waals surface area (Å²) in [5.41, 5.74) is 2.71. The number of hydrogen-bond donors (Lipinski definition) is 0. The molecule has 106 valence electrons. The fourth-order valence-electron chi connectivity index (χ4n) is 2.23. The predicted octanol–water partition coefficient (Wildman–Crippen LogP) is 2.56. The number of rotatable bonds is 5. The lowest BCUT2D eigenvalue weighted by molar-refractivity contribution is 0.186. The van der Waals surface area contributed by atoms with Gasteiger partial charge in [0.15, 0.2) is 0 Å². The van der Waals surface area contributed by atoms with Crippen molar-refractivity contribution in [2.45, 2.75) is 13.5 Å². The van der Waals surface area contributed by atoms with Gasteiger partial charge >= 0.3 is 0 Å². The van der Waals surface area contributed by atoms with Crippen LogP contribution in [-0.4, -0.2) is 18.3 Å². The molecule has 1 aromatic carbocycles. The molecule has 20 heavy (non-hydrogen) atoms. The number of aryl methyl sites for hydroxylation is 2. The van der Waals surface area contributed by atoms with Crippen LogP contribution in [0.2, 0.25) is 0 Å². The second-order valence-electron chi connectivity index (χ2n) is 4.73. The molecular weight excluding hydrogens is 254 g/mol. The van der Waals surface area contributed by atoms with E-state index in [9.17, 15) is 4.79 Å². The van der Waals surface area contributed by atoms with Crippen LogP contribution in [0.15, 0.2) is 35.6 Å². The lowest BCUT2D eigenvalue weighted by atomic mass is 10.1. The van der Waals surface area contributed by atoms with Gasteiger partial charge < -0.3 is 14.0 Å². The van der Waals surface area contributed by atoms with Gasteiger partial charge in [0, 0.05) is 31.7 Å². The average Bonchev–Trinajstić information content (AvgIpc) is 2.43. The third-order valence-corrected chi connectivity index (χ3v) is 3.29. The average molecular weight is 273 g/mol. The van der Waals surface area contributed by atoms with Gasteiger partial charge in [-0.1, -0.05) is 12.7 Å². The summed E-state index contributed by atoms with van der Waals surface area (Å²) in [5, 5.41) is 1.01. The second kappa shape index (κ2) is 5.92. The lowest BCUT2D eigenvalue weighted by Gasteiger charge is -2.14. The zero-order valence-corrected chi connectivity index (χ0v) is 12.1. The van der Waals surface area contributed by atoms with Crippen LogP contribution >= 0.6 is 0 Å². The normalized spacial score (nSPS) is 10.8. The van der Waals surface area contributed by atoms with E-state index in [2.05, 4.69) is 6.58 Å². The van der Waals surface area contributed by atoms with E-state index in [-0.39, 0.29) is 5.56 Å². The molecule has 2 aromatic rings. The van der Waals surface area contributed by atoms with Crippen LogP contribution in [0.5, 0.6) is 5.75 Å². The summed E-state index contributed by atoms with van der Waals surface area (Å²) in [6.45, 7) is 6.48. The summed E-state index contributed by atoms with van der Waals surface area (Å²) < 4.78 is 12.4. The Morgan fingerprint density at radius 1 is 1.35 bits per heavy atom. The first-order valence-electron chi connectivity index (χ1n) is 6.44. The van der Waals surface area contributed by atoms with Gasteiger partial charge in [-0.3, -0.25) is 4.79 Å². The van der Waals surface area contributed by atoms with Crippen molar-refractivity contribution in [3.63, 3.8) is 0 Å². The SMILES string of the molecule is C=CCOc1cc2c(cc1C)c(COC)cc(=O)n2C. The highest BCUT2D eigenvalue weighted by Crippen LogP contribution is 2.27. The van der Waals surface area contributed by atoms with Crippen LogP contribution in [0.25, 0.3) is 10.9 Å². The molecule has 0 saturated heterocycles. The molecule has 2 rings (SSSR count). The molecule has 0 radical (unpaired) electrons. The van der Waals surface area contributed by atoms with E-state index in [0.29, 0.717) is 13.2 Å². The minimum Gasteiger partial charge on any atom is -0.489 e. The molecule has 4 heteroatoms. The highest BCUT2D eigenvalue weighted by Gasteiger charge is 2.10. The molecule has 0 aliphatic carbocycles. The minimum absolute atomic E-state index is 0.0527. The summed E-state index contributed by atoms with van der Waals surface area (Å²) in [7, 11) is 3.38. The molecule has 0 aliphatic heterocycles. The Balaban J connectivity index is 2.69. The minimum atomic E-state index is -0.0527. The standard InChI is InChI=1S/C16H19NO3/c1-5-6-20-15-9-14-13(7-11(15)2)12(10-19-4)8-16(18)17(14)3/h5,7-9H,1,6,10H2,2-4H3. The Morgan fingerprint density at radius 3 is 2.75 bits per heavy atom. The highest BCUT2D eigenvalue weighted by molar-refractivity contribution is 5.85. The van der Waals surface area contributed by atoms with Crippen molar-refractivity contribution < 1.29 is 9.47 Å². The molecule has 0 aliphatic rings. The zero-order valence-electron chi connectivity index (χ0n) is 12.1. The molecule has 4 nitrogen and oxygen atoms in total. The smallest absolute Gasteiger partial charge is 0.251 e. The van der Waals surface area contributed by atoms with Gasteiger partial charge in [-0.05, 0) is 24.1 Å². The summed E-state index contributed by atoms with van der Waals surface area (Å²) in [5.74, 6) is 0.766. The number of methoxy groups -OCH3 is 1. The monoisotopic (exact) mass is 273 g/mol. The fourth-order valence-corrected chi connectivity index (χ4v) is 2.23. The van der Waals surface area contributed by atoms with Crippen LogP contribution in [0.1, 0.15) is 11.1 Å². The van der Waals surface area contributed by atoms with Crippen molar-refractivity contribution in [3.05, 3.63) is 52.3 Å². The molecule has 0 saturated carbocycles. The fraction of sp³-hybridized carbons (Fsp3) is 0.312. The number of aromatic nitrogens is 1. The zero-order chi connectivity index (χ0) is 14.7. The van der Waals surface area contributed by atoms with Crippen LogP contribution in [-0.2, 0) is 18.4 Å². The van der Waals surface area contributed by atoms with Gasteiger partial charge in [0.1, 0.15) is 12.4 Å². The van der Waals surface area contributed by atoms with E-state index >= 15 is 0 Å². The van der Waals surface area contributed by atoms with E-state index in [1.165, 1.54) is 0 Å². The van der Waals surface area contributed by atoms with E-state index in [1.54, 1.807) is 30.9 Å². The van der Waals surface area contributed by atoms with Gasteiger partial charge in [0.25, 0.3) is 5.56 Å². The summed E-state index contributed by atoms with van der Waals surface area (Å²) in [6, 6.07) is 5.55. The maximum atomic E-state index is 12.0. The molecule has 0 spiro atoms. The Morgan fingerprint density at radius 2 is 2.10 bits per heavy atom. The molecule has 0 unspecified atom stereocenters. The Hall–Kier alpha value is -2.07. The quantitative estimate of drug-likeness (QED) is 0.786. The van der Waals surface area contributed by atoms with Gasteiger partial charge in [-0.15, -0.1) is 0 Å². The first kappa shape index (κ1) is 14.3. The topological polar surface area (TPSA) is 40.5 Å². The van der Waals surface area contributed by atoms with Gasteiger partial charge in [-0.25, -0.2) is 0 Å². The van der Waals surface area contributed by atoms with E-state index in [0.717, 1.165) is 27.8 Å². The Bertz CT molecular complexity index is 701. The Labute approximate surface area is 118 Å². The van der Waals surface area contributed by atoms with E-state index in [4.69, 9.17) is 9.47 Å². The molecule has 0 N–H and O–H groups in total. The maximum absolute atomic E-state index is 12.0. The van der Waals surface area contributed by atoms with Crippen molar-refractivity contribution in [3.8, 4) is 5.75 Å². The van der Waals surface area contributed by atoms with Crippen LogP contribution in [0.3, 0.4) is 0 Å². The molecule has 0 fully saturated rings. The second-order valence-corrected chi connectivity index (χ2v) is 4.73. The molecular formula is C16H19NO3. The molecule has 0 bridgehead atoms. The van der Waals surface area contributed by atoms with Crippen molar-refractivity contribution in [2.75, 3.05) is 13.7 Å². The number of hydrogen-bond acceptors (Lipinski definition) is 3. The van der Waals surface area contributed by atoms with Crippen molar-refractivity contribution in [1.29, 1.82) is 0 Å². The van der Waals surface area contributed by atoms with Crippen molar-refractivity contribution >= 4 is 10.9 Å². The largest absolute Gasteiger partial charge is 0.489 e. The van der Waals surface area contributed by atoms with Gasteiger partial charge in [0.05, 0.1) is 12.1 Å². The number of ether oxygens (including phenoxy) is 2. The van der Waals surface area contributed by atoms with Crippen molar-refractivity contribution in [2.24, 2.45) is 7.05 Å². The Kier molecular flexibility index (Phi) is 4.25. The summed E-state index contributed by atoms with van der Waals surface area (Å²) in [6.07, 6.45) is 1.70. The first-order valence-corrected chi connectivity index (χ1v) is 6.44. The predicted molar refractivity (Wildman–Crippen MR) is 80.3 cm³/mol. The number of fused-ring (bicyclic) bond motifs is 1. The van der Waals surface area contributed by atoms with E-state index < -0.39 is 0 Å². The third-order valence-electron chi connectivity index (χ3n) is 3.29. The third kappa shape index (κ3) is 2.60. The molecule has 1 aromatic heterocycles. The highest BCUT2D eigenvalue weighted by atomic mass is 16.5. The van der Waals surface area contributed by atoms with Crippen LogP contribution < -0.4 is 10.3 Å². The number of nitrogens with zero attached hydrogens (tertiary/aromatic N) is 1. The number of pyridine rings is 1. The van der Waals surface area contributed by atoms with Gasteiger partial charge in [-0.2, -0.15) is 0 Å². The summed E-state index contributed by atoms with van der Waals surface area (Å²) >= 11 is 0. The van der Waals surface area contributed by atoms with E-state index in [1.807, 2.05) is 19.1 Å².